The van der Waals surface area contributed by atoms with Gasteiger partial charge in [0.05, 0.1) is 0 Å². The Hall–Kier alpha value is -0.820. The van der Waals surface area contributed by atoms with Crippen molar-refractivity contribution in [1.29, 1.82) is 0 Å². The van der Waals surface area contributed by atoms with E-state index < -0.39 is 0 Å². The predicted octanol–water partition coefficient (Wildman–Crippen LogP) is 2.94. The summed E-state index contributed by atoms with van der Waals surface area (Å²) in [6.45, 7) is 10.6. The smallest absolute Gasteiger partial charge is 0.0271 e. The molecule has 0 bridgehead atoms. The number of aryl methyl sites for hydroxylation is 2. The molecule has 0 fully saturated rings. The van der Waals surface area contributed by atoms with Gasteiger partial charge >= 0.3 is 0 Å². The Kier molecular flexibility index (Phi) is 2.77. The molecule has 13 heavy (non-hydrogen) atoms. The van der Waals surface area contributed by atoms with Crippen LogP contribution < -0.4 is 5.73 Å². The molecule has 72 valence electrons. The van der Waals surface area contributed by atoms with Crippen molar-refractivity contribution in [2.75, 3.05) is 0 Å². The molecular weight excluding hydrogens is 158 g/mol. The first-order valence-electron chi connectivity index (χ1n) is 4.78. The summed E-state index contributed by atoms with van der Waals surface area (Å²) < 4.78 is 0. The SMILES string of the molecule is Cc1cc(C)c(C)c([C@@H](C)N)c1C. The van der Waals surface area contributed by atoms with Gasteiger partial charge in [0.2, 0.25) is 0 Å². The third kappa shape index (κ3) is 1.75. The van der Waals surface area contributed by atoms with E-state index in [1.807, 2.05) is 6.92 Å². The van der Waals surface area contributed by atoms with E-state index in [1.54, 1.807) is 0 Å². The molecule has 1 nitrogen and oxygen atoms in total. The molecule has 0 aliphatic rings. The minimum atomic E-state index is 0.138. The summed E-state index contributed by atoms with van der Waals surface area (Å²) in [4.78, 5) is 0. The van der Waals surface area contributed by atoms with E-state index in [2.05, 4.69) is 33.8 Å². The Morgan fingerprint density at radius 1 is 1.00 bits per heavy atom. The minimum absolute atomic E-state index is 0.138. The molecule has 0 aliphatic carbocycles. The molecule has 0 saturated heterocycles. The number of hydrogen-bond donors (Lipinski definition) is 1. The van der Waals surface area contributed by atoms with Gasteiger partial charge in [-0.3, -0.25) is 0 Å². The summed E-state index contributed by atoms with van der Waals surface area (Å²) in [6.07, 6.45) is 0. The molecule has 1 heteroatoms. The van der Waals surface area contributed by atoms with Gasteiger partial charge in [-0.1, -0.05) is 6.07 Å². The summed E-state index contributed by atoms with van der Waals surface area (Å²) in [7, 11) is 0. The van der Waals surface area contributed by atoms with Crippen LogP contribution in [0.25, 0.3) is 0 Å². The highest BCUT2D eigenvalue weighted by Crippen LogP contribution is 2.25. The van der Waals surface area contributed by atoms with Crippen LogP contribution in [0.3, 0.4) is 0 Å². The van der Waals surface area contributed by atoms with E-state index in [0.717, 1.165) is 0 Å². The molecule has 0 spiro atoms. The first kappa shape index (κ1) is 10.3. The Morgan fingerprint density at radius 3 is 1.69 bits per heavy atom. The molecule has 0 heterocycles. The van der Waals surface area contributed by atoms with Crippen molar-refractivity contribution >= 4 is 0 Å². The third-order valence-electron chi connectivity index (χ3n) is 2.88. The van der Waals surface area contributed by atoms with E-state index in [0.29, 0.717) is 0 Å². The Morgan fingerprint density at radius 2 is 1.38 bits per heavy atom. The van der Waals surface area contributed by atoms with E-state index in [1.165, 1.54) is 27.8 Å². The van der Waals surface area contributed by atoms with Gasteiger partial charge in [0, 0.05) is 6.04 Å². The zero-order valence-electron chi connectivity index (χ0n) is 9.23. The summed E-state index contributed by atoms with van der Waals surface area (Å²) in [5.41, 5.74) is 12.6. The topological polar surface area (TPSA) is 26.0 Å². The zero-order chi connectivity index (χ0) is 10.2. The van der Waals surface area contributed by atoms with E-state index >= 15 is 0 Å². The third-order valence-corrected chi connectivity index (χ3v) is 2.88. The van der Waals surface area contributed by atoms with Crippen LogP contribution >= 0.6 is 0 Å². The van der Waals surface area contributed by atoms with Gasteiger partial charge < -0.3 is 5.73 Å². The first-order chi connectivity index (χ1) is 5.95. The maximum Gasteiger partial charge on any atom is 0.0271 e. The van der Waals surface area contributed by atoms with Crippen LogP contribution in [0.5, 0.6) is 0 Å². The van der Waals surface area contributed by atoms with Gasteiger partial charge in [0.15, 0.2) is 0 Å². The van der Waals surface area contributed by atoms with Gasteiger partial charge in [0.1, 0.15) is 0 Å². The van der Waals surface area contributed by atoms with Crippen molar-refractivity contribution in [1.82, 2.24) is 0 Å². The van der Waals surface area contributed by atoms with Gasteiger partial charge in [-0.25, -0.2) is 0 Å². The second-order valence-corrected chi connectivity index (χ2v) is 3.96. The highest BCUT2D eigenvalue weighted by atomic mass is 14.6. The van der Waals surface area contributed by atoms with Crippen molar-refractivity contribution in [3.05, 3.63) is 33.9 Å². The molecule has 0 saturated carbocycles. The first-order valence-corrected chi connectivity index (χ1v) is 4.78. The lowest BCUT2D eigenvalue weighted by Gasteiger charge is -2.17. The molecular formula is C12H19N. The van der Waals surface area contributed by atoms with Crippen molar-refractivity contribution in [3.63, 3.8) is 0 Å². The lowest BCUT2D eigenvalue weighted by atomic mass is 9.91. The summed E-state index contributed by atoms with van der Waals surface area (Å²) in [5, 5.41) is 0. The van der Waals surface area contributed by atoms with E-state index in [-0.39, 0.29) is 6.04 Å². The molecule has 0 aliphatic heterocycles. The molecule has 1 aromatic carbocycles. The molecule has 1 atom stereocenters. The van der Waals surface area contributed by atoms with Crippen molar-refractivity contribution in [2.45, 2.75) is 40.7 Å². The molecule has 0 unspecified atom stereocenters. The van der Waals surface area contributed by atoms with Gasteiger partial charge in [-0.15, -0.1) is 0 Å². The van der Waals surface area contributed by atoms with Crippen LogP contribution in [0.2, 0.25) is 0 Å². The highest BCUT2D eigenvalue weighted by molar-refractivity contribution is 5.45. The number of benzene rings is 1. The van der Waals surface area contributed by atoms with Crippen molar-refractivity contribution in [2.24, 2.45) is 5.73 Å². The van der Waals surface area contributed by atoms with Crippen LogP contribution in [0.4, 0.5) is 0 Å². The van der Waals surface area contributed by atoms with E-state index in [9.17, 15) is 0 Å². The normalized spacial score (nSPS) is 13.1. The average Bonchev–Trinajstić information content (AvgIpc) is 2.01. The van der Waals surface area contributed by atoms with Crippen LogP contribution in [0, 0.1) is 27.7 Å². The second kappa shape index (κ2) is 3.51. The minimum Gasteiger partial charge on any atom is -0.324 e. The standard InChI is InChI=1S/C12H19N/c1-7-6-8(2)10(4)12(9(7)3)11(5)13/h6,11H,13H2,1-5H3/t11-/m1/s1. The fourth-order valence-electron chi connectivity index (χ4n) is 1.93. The monoisotopic (exact) mass is 177 g/mol. The number of hydrogen-bond acceptors (Lipinski definition) is 1. The number of rotatable bonds is 1. The predicted molar refractivity (Wildman–Crippen MR) is 58.0 cm³/mol. The number of nitrogens with two attached hydrogens (primary N) is 1. The van der Waals surface area contributed by atoms with Crippen LogP contribution in [-0.4, -0.2) is 0 Å². The second-order valence-electron chi connectivity index (χ2n) is 3.96. The van der Waals surface area contributed by atoms with E-state index in [4.69, 9.17) is 5.73 Å². The Balaban J connectivity index is 3.46. The zero-order valence-corrected chi connectivity index (χ0v) is 9.23. The van der Waals surface area contributed by atoms with Crippen LogP contribution in [0.15, 0.2) is 6.07 Å². The lowest BCUT2D eigenvalue weighted by Crippen LogP contribution is -2.11. The molecule has 1 rings (SSSR count). The lowest BCUT2D eigenvalue weighted by molar-refractivity contribution is 0.797. The molecule has 0 aromatic heterocycles. The molecule has 2 N–H and O–H groups in total. The summed E-state index contributed by atoms with van der Waals surface area (Å²) >= 11 is 0. The Labute approximate surface area is 81.0 Å². The van der Waals surface area contributed by atoms with Crippen LogP contribution in [-0.2, 0) is 0 Å². The summed E-state index contributed by atoms with van der Waals surface area (Å²) in [6, 6.07) is 2.37. The molecule has 1 aromatic rings. The van der Waals surface area contributed by atoms with Crippen molar-refractivity contribution < 1.29 is 0 Å². The largest absolute Gasteiger partial charge is 0.324 e. The fourth-order valence-corrected chi connectivity index (χ4v) is 1.93. The van der Waals surface area contributed by atoms with Crippen molar-refractivity contribution in [3.8, 4) is 0 Å². The van der Waals surface area contributed by atoms with Gasteiger partial charge in [-0.05, 0) is 62.4 Å². The van der Waals surface area contributed by atoms with Crippen LogP contribution in [0.1, 0.15) is 40.8 Å². The maximum atomic E-state index is 5.95. The fraction of sp³-hybridized carbons (Fsp3) is 0.500. The van der Waals surface area contributed by atoms with Gasteiger partial charge in [0.25, 0.3) is 0 Å². The quantitative estimate of drug-likeness (QED) is 0.701. The average molecular weight is 177 g/mol. The Bertz CT molecular complexity index is 298. The molecule has 0 amide bonds. The molecule has 0 radical (unpaired) electrons. The maximum absolute atomic E-state index is 5.95. The highest BCUT2D eigenvalue weighted by Gasteiger charge is 2.10. The summed E-state index contributed by atoms with van der Waals surface area (Å²) in [5.74, 6) is 0. The van der Waals surface area contributed by atoms with Gasteiger partial charge in [-0.2, -0.15) is 0 Å².